The Kier molecular flexibility index (Phi) is 6.01. The van der Waals surface area contributed by atoms with Crippen LogP contribution in [0.15, 0.2) is 65.1 Å². The minimum Gasteiger partial charge on any atom is -0.455 e. The molecule has 0 aliphatic carbocycles. The minimum absolute atomic E-state index is 0.199. The highest BCUT2D eigenvalue weighted by atomic mass is 19.1. The summed E-state index contributed by atoms with van der Waals surface area (Å²) in [6.07, 6.45) is 0.891. The lowest BCUT2D eigenvalue weighted by atomic mass is 9.88. The Hall–Kier alpha value is -3.93. The molecule has 0 spiro atoms. The van der Waals surface area contributed by atoms with E-state index < -0.39 is 5.91 Å². The molecule has 3 aromatic carbocycles. The topological polar surface area (TPSA) is 85.3 Å². The Balaban J connectivity index is 2.04. The average molecular weight is 445 g/mol. The summed E-state index contributed by atoms with van der Waals surface area (Å²) in [6, 6.07) is 16.9. The number of hydrogen-bond acceptors (Lipinski definition) is 3. The predicted molar refractivity (Wildman–Crippen MR) is 128 cm³/mol. The molecule has 0 saturated heterocycles. The summed E-state index contributed by atoms with van der Waals surface area (Å²) in [7, 11) is 1.56. The van der Waals surface area contributed by atoms with Gasteiger partial charge in [0, 0.05) is 23.6 Å². The zero-order valence-corrected chi connectivity index (χ0v) is 18.7. The Morgan fingerprint density at radius 1 is 1.06 bits per heavy atom. The number of carbonyl (C=O) groups is 2. The monoisotopic (exact) mass is 444 g/mol. The van der Waals surface area contributed by atoms with Gasteiger partial charge < -0.3 is 15.5 Å². The fourth-order valence-electron chi connectivity index (χ4n) is 4.03. The van der Waals surface area contributed by atoms with Crippen molar-refractivity contribution in [2.45, 2.75) is 26.2 Å². The number of carbonyl (C=O) groups excluding carboxylic acids is 2. The molecule has 0 bridgehead atoms. The van der Waals surface area contributed by atoms with Crippen molar-refractivity contribution >= 4 is 22.8 Å². The highest BCUT2D eigenvalue weighted by molar-refractivity contribution is 6.12. The summed E-state index contributed by atoms with van der Waals surface area (Å²) < 4.78 is 19.7. The second-order valence-electron chi connectivity index (χ2n) is 8.08. The molecule has 4 aromatic rings. The zero-order valence-electron chi connectivity index (χ0n) is 18.7. The van der Waals surface area contributed by atoms with Crippen molar-refractivity contribution in [3.8, 4) is 22.5 Å². The second kappa shape index (κ2) is 8.90. The number of benzene rings is 3. The van der Waals surface area contributed by atoms with Gasteiger partial charge in [0.1, 0.15) is 17.2 Å². The van der Waals surface area contributed by atoms with Crippen LogP contribution in [0.3, 0.4) is 0 Å². The van der Waals surface area contributed by atoms with Crippen molar-refractivity contribution in [3.63, 3.8) is 0 Å². The number of nitrogens with one attached hydrogen (secondary N) is 1. The van der Waals surface area contributed by atoms with Gasteiger partial charge in [0.05, 0.1) is 5.56 Å². The molecule has 0 saturated carbocycles. The highest BCUT2D eigenvalue weighted by Crippen LogP contribution is 2.40. The first-order chi connectivity index (χ1) is 15.8. The van der Waals surface area contributed by atoms with Crippen molar-refractivity contribution in [1.82, 2.24) is 5.32 Å². The van der Waals surface area contributed by atoms with Gasteiger partial charge in [-0.1, -0.05) is 26.0 Å². The molecule has 33 heavy (non-hydrogen) atoms. The van der Waals surface area contributed by atoms with Crippen LogP contribution in [-0.4, -0.2) is 18.9 Å². The molecule has 0 fully saturated rings. The molecule has 1 aromatic heterocycles. The maximum atomic E-state index is 13.5. The Morgan fingerprint density at radius 3 is 2.42 bits per heavy atom. The van der Waals surface area contributed by atoms with Gasteiger partial charge in [0.25, 0.3) is 5.91 Å². The first kappa shape index (κ1) is 22.3. The molecule has 0 radical (unpaired) electrons. The van der Waals surface area contributed by atoms with Crippen molar-refractivity contribution in [2.75, 3.05) is 7.05 Å². The maximum Gasteiger partial charge on any atom is 0.255 e. The number of nitrogens with two attached hydrogens (primary N) is 1. The second-order valence-corrected chi connectivity index (χ2v) is 8.08. The van der Waals surface area contributed by atoms with E-state index in [1.54, 1.807) is 37.4 Å². The fourth-order valence-corrected chi connectivity index (χ4v) is 4.03. The van der Waals surface area contributed by atoms with Crippen LogP contribution in [0.1, 0.15) is 52.5 Å². The third-order valence-corrected chi connectivity index (χ3v) is 6.02. The standard InChI is InChI=1S/C27H25FN2O3/c1-4-15(2)20-14-23-22(13-21(20)17-6-5-7-18(12-17)26(29)31)24(27(32)30-3)25(33-23)16-8-10-19(28)11-9-16/h5-15H,4H2,1-3H3,(H2,29,31)(H,30,32). The summed E-state index contributed by atoms with van der Waals surface area (Å²) in [5.41, 5.74) is 10.2. The van der Waals surface area contributed by atoms with Crippen LogP contribution in [0.25, 0.3) is 33.4 Å². The van der Waals surface area contributed by atoms with E-state index in [-0.39, 0.29) is 17.6 Å². The summed E-state index contributed by atoms with van der Waals surface area (Å²) in [5.74, 6) is -0.601. The molecule has 6 heteroatoms. The Morgan fingerprint density at radius 2 is 1.79 bits per heavy atom. The number of fused-ring (bicyclic) bond motifs is 1. The molecule has 1 unspecified atom stereocenters. The van der Waals surface area contributed by atoms with Crippen molar-refractivity contribution < 1.29 is 18.4 Å². The van der Waals surface area contributed by atoms with Crippen LogP contribution in [0.5, 0.6) is 0 Å². The lowest BCUT2D eigenvalue weighted by Gasteiger charge is -2.16. The van der Waals surface area contributed by atoms with Gasteiger partial charge in [-0.2, -0.15) is 0 Å². The Labute approximate surface area is 191 Å². The molecule has 5 nitrogen and oxygen atoms in total. The minimum atomic E-state index is -0.504. The summed E-state index contributed by atoms with van der Waals surface area (Å²) in [6.45, 7) is 4.21. The number of hydrogen-bond donors (Lipinski definition) is 2. The van der Waals surface area contributed by atoms with E-state index in [9.17, 15) is 14.0 Å². The first-order valence-corrected chi connectivity index (χ1v) is 10.8. The molecule has 3 N–H and O–H groups in total. The van der Waals surface area contributed by atoms with Gasteiger partial charge in [-0.15, -0.1) is 0 Å². The average Bonchev–Trinajstić information content (AvgIpc) is 3.21. The smallest absolute Gasteiger partial charge is 0.255 e. The summed E-state index contributed by atoms with van der Waals surface area (Å²) in [5, 5.41) is 3.32. The van der Waals surface area contributed by atoms with Crippen LogP contribution in [0.2, 0.25) is 0 Å². The lowest BCUT2D eigenvalue weighted by molar-refractivity contribution is 0.0963. The molecule has 168 valence electrons. The van der Waals surface area contributed by atoms with Crippen molar-refractivity contribution in [3.05, 3.63) is 83.2 Å². The molecule has 2 amide bonds. The van der Waals surface area contributed by atoms with E-state index in [0.717, 1.165) is 23.1 Å². The number of primary amides is 1. The molecule has 0 aliphatic rings. The van der Waals surface area contributed by atoms with Gasteiger partial charge in [-0.25, -0.2) is 4.39 Å². The third kappa shape index (κ3) is 4.12. The van der Waals surface area contributed by atoms with Gasteiger partial charge in [0.2, 0.25) is 5.91 Å². The first-order valence-electron chi connectivity index (χ1n) is 10.8. The predicted octanol–water partition coefficient (Wildman–Crippen LogP) is 5.88. The van der Waals surface area contributed by atoms with Crippen LogP contribution in [0.4, 0.5) is 4.39 Å². The van der Waals surface area contributed by atoms with Crippen LogP contribution in [0, 0.1) is 5.82 Å². The SMILES string of the molecule is CCC(C)c1cc2oc(-c3ccc(F)cc3)c(C(=O)NC)c2cc1-c1cccc(C(N)=O)c1. The number of rotatable bonds is 6. The molecular formula is C27H25FN2O3. The fraction of sp³-hybridized carbons (Fsp3) is 0.185. The normalized spacial score (nSPS) is 12.0. The van der Waals surface area contributed by atoms with Crippen LogP contribution < -0.4 is 11.1 Å². The van der Waals surface area contributed by atoms with Gasteiger partial charge >= 0.3 is 0 Å². The molecule has 1 heterocycles. The quantitative estimate of drug-likeness (QED) is 0.390. The molecule has 1 atom stereocenters. The van der Waals surface area contributed by atoms with E-state index in [0.29, 0.717) is 33.4 Å². The van der Waals surface area contributed by atoms with E-state index in [1.165, 1.54) is 12.1 Å². The van der Waals surface area contributed by atoms with E-state index >= 15 is 0 Å². The van der Waals surface area contributed by atoms with Gasteiger partial charge in [0.15, 0.2) is 0 Å². The van der Waals surface area contributed by atoms with E-state index in [4.69, 9.17) is 10.2 Å². The van der Waals surface area contributed by atoms with Crippen molar-refractivity contribution in [1.29, 1.82) is 0 Å². The van der Waals surface area contributed by atoms with Crippen LogP contribution in [-0.2, 0) is 0 Å². The highest BCUT2D eigenvalue weighted by Gasteiger charge is 2.24. The number of halogens is 1. The Bertz CT molecular complexity index is 1360. The van der Waals surface area contributed by atoms with E-state index in [2.05, 4.69) is 19.2 Å². The summed E-state index contributed by atoms with van der Waals surface area (Å²) >= 11 is 0. The van der Waals surface area contributed by atoms with Crippen LogP contribution >= 0.6 is 0 Å². The maximum absolute atomic E-state index is 13.5. The third-order valence-electron chi connectivity index (χ3n) is 6.02. The van der Waals surface area contributed by atoms with Gasteiger partial charge in [-0.05, 0) is 77.6 Å². The number of amides is 2. The van der Waals surface area contributed by atoms with Crippen molar-refractivity contribution in [2.24, 2.45) is 5.73 Å². The van der Waals surface area contributed by atoms with E-state index in [1.807, 2.05) is 18.2 Å². The molecule has 0 aliphatic heterocycles. The molecule has 4 rings (SSSR count). The number of furan rings is 1. The summed E-state index contributed by atoms with van der Waals surface area (Å²) in [4.78, 5) is 24.7. The van der Waals surface area contributed by atoms with Gasteiger partial charge in [-0.3, -0.25) is 9.59 Å². The zero-order chi connectivity index (χ0) is 23.7. The lowest BCUT2D eigenvalue weighted by Crippen LogP contribution is -2.18. The largest absolute Gasteiger partial charge is 0.455 e. The molecular weight excluding hydrogens is 419 g/mol.